The SMILES string of the molecule is NC1OC(CO)C(O[P+](O)(O)O)C1O. The van der Waals surface area contributed by atoms with E-state index in [-0.39, 0.29) is 0 Å². The molecule has 0 amide bonds. The zero-order valence-electron chi connectivity index (χ0n) is 7.09. The predicted octanol–water partition coefficient (Wildman–Crippen LogP) is -2.94. The highest BCUT2D eigenvalue weighted by molar-refractivity contribution is 7.53. The molecule has 0 bridgehead atoms. The third-order valence-corrected chi connectivity index (χ3v) is 2.34. The summed E-state index contributed by atoms with van der Waals surface area (Å²) in [4.78, 5) is 25.8. The summed E-state index contributed by atoms with van der Waals surface area (Å²) in [6.07, 6.45) is -4.68. The molecule has 0 saturated carbocycles. The van der Waals surface area contributed by atoms with Gasteiger partial charge in [-0.2, -0.15) is 14.7 Å². The van der Waals surface area contributed by atoms with Crippen molar-refractivity contribution in [3.8, 4) is 0 Å². The van der Waals surface area contributed by atoms with E-state index in [2.05, 4.69) is 4.52 Å². The quantitative estimate of drug-likeness (QED) is 0.282. The largest absolute Gasteiger partial charge is 0.567 e. The first-order valence-corrected chi connectivity index (χ1v) is 5.37. The lowest BCUT2D eigenvalue weighted by molar-refractivity contribution is -0.0236. The minimum Gasteiger partial charge on any atom is -0.394 e. The first-order valence-electron chi connectivity index (χ1n) is 3.81. The van der Waals surface area contributed by atoms with Gasteiger partial charge in [-0.05, 0) is 0 Å². The van der Waals surface area contributed by atoms with E-state index in [0.717, 1.165) is 0 Å². The first kappa shape index (κ1) is 12.2. The normalized spacial score (nSPS) is 39.0. The Morgan fingerprint density at radius 3 is 2.36 bits per heavy atom. The maximum Gasteiger partial charge on any atom is 0.567 e. The molecule has 9 heteroatoms. The topological polar surface area (TPSA) is 146 Å². The van der Waals surface area contributed by atoms with Crippen molar-refractivity contribution in [1.82, 2.24) is 0 Å². The second-order valence-electron chi connectivity index (χ2n) is 2.90. The van der Waals surface area contributed by atoms with Crippen LogP contribution < -0.4 is 5.73 Å². The Balaban J connectivity index is 2.64. The molecule has 8 nitrogen and oxygen atoms in total. The van der Waals surface area contributed by atoms with Crippen molar-refractivity contribution in [2.24, 2.45) is 5.73 Å². The van der Waals surface area contributed by atoms with Gasteiger partial charge in [-0.3, -0.25) is 0 Å². The van der Waals surface area contributed by atoms with E-state index in [4.69, 9.17) is 30.3 Å². The van der Waals surface area contributed by atoms with Crippen molar-refractivity contribution in [1.29, 1.82) is 0 Å². The smallest absolute Gasteiger partial charge is 0.394 e. The Morgan fingerprint density at radius 1 is 1.36 bits per heavy atom. The molecule has 0 aromatic rings. The van der Waals surface area contributed by atoms with Gasteiger partial charge in [0, 0.05) is 0 Å². The maximum absolute atomic E-state index is 9.32. The molecule has 4 unspecified atom stereocenters. The zero-order chi connectivity index (χ0) is 10.9. The summed E-state index contributed by atoms with van der Waals surface area (Å²) in [7, 11) is -4.49. The van der Waals surface area contributed by atoms with E-state index in [0.29, 0.717) is 0 Å². The van der Waals surface area contributed by atoms with Crippen molar-refractivity contribution in [3.63, 3.8) is 0 Å². The molecule has 84 valence electrons. The Hall–Kier alpha value is 0.110. The van der Waals surface area contributed by atoms with Gasteiger partial charge < -0.3 is 20.7 Å². The maximum atomic E-state index is 9.32. The molecule has 1 aliphatic heterocycles. The Kier molecular flexibility index (Phi) is 3.75. The summed E-state index contributed by atoms with van der Waals surface area (Å²) in [5.41, 5.74) is 5.26. The number of ether oxygens (including phenoxy) is 1. The van der Waals surface area contributed by atoms with Crippen molar-refractivity contribution < 1.29 is 34.2 Å². The van der Waals surface area contributed by atoms with E-state index in [1.54, 1.807) is 0 Å². The Labute approximate surface area is 80.2 Å². The van der Waals surface area contributed by atoms with Gasteiger partial charge in [0.15, 0.2) is 6.10 Å². The molecule has 4 atom stereocenters. The van der Waals surface area contributed by atoms with Crippen LogP contribution in [0.25, 0.3) is 0 Å². The summed E-state index contributed by atoms with van der Waals surface area (Å²) in [6, 6.07) is 0. The fraction of sp³-hybridized carbons (Fsp3) is 1.00. The molecule has 0 radical (unpaired) electrons. The fourth-order valence-electron chi connectivity index (χ4n) is 1.21. The molecule has 0 aromatic carbocycles. The standard InChI is InChI=1S/C5H13NO7P/c6-5-3(8)4(2(1-7)12-5)13-14(9,10)11/h2-5,7-11H,1,6H2/q+1. The van der Waals surface area contributed by atoms with E-state index in [1.165, 1.54) is 0 Å². The van der Waals surface area contributed by atoms with Crippen molar-refractivity contribution >= 4 is 8.17 Å². The number of aliphatic hydroxyl groups excluding tert-OH is 2. The van der Waals surface area contributed by atoms with Gasteiger partial charge in [-0.1, -0.05) is 0 Å². The third-order valence-electron chi connectivity index (χ3n) is 1.81. The van der Waals surface area contributed by atoms with Crippen LogP contribution in [0, 0.1) is 0 Å². The Morgan fingerprint density at radius 2 is 1.93 bits per heavy atom. The van der Waals surface area contributed by atoms with Crippen LogP contribution in [-0.4, -0.2) is 56.0 Å². The lowest BCUT2D eigenvalue weighted by Gasteiger charge is -2.16. The van der Waals surface area contributed by atoms with Crippen molar-refractivity contribution in [3.05, 3.63) is 0 Å². The molecule has 0 aliphatic carbocycles. The van der Waals surface area contributed by atoms with Crippen LogP contribution in [0.3, 0.4) is 0 Å². The van der Waals surface area contributed by atoms with Crippen LogP contribution in [0.1, 0.15) is 0 Å². The van der Waals surface area contributed by atoms with Crippen LogP contribution >= 0.6 is 8.17 Å². The monoisotopic (exact) mass is 230 g/mol. The van der Waals surface area contributed by atoms with E-state index in [9.17, 15) is 5.11 Å². The average Bonchev–Trinajstić information content (AvgIpc) is 2.30. The van der Waals surface area contributed by atoms with Gasteiger partial charge in [0.2, 0.25) is 0 Å². The summed E-state index contributed by atoms with van der Waals surface area (Å²) in [6.45, 7) is -0.518. The minimum atomic E-state index is -4.49. The molecular weight excluding hydrogens is 217 g/mol. The van der Waals surface area contributed by atoms with Crippen LogP contribution in [0.15, 0.2) is 0 Å². The molecule has 0 aromatic heterocycles. The zero-order valence-corrected chi connectivity index (χ0v) is 7.99. The highest BCUT2D eigenvalue weighted by atomic mass is 31.2. The summed E-state index contributed by atoms with van der Waals surface area (Å²) in [5.74, 6) is 0. The summed E-state index contributed by atoms with van der Waals surface area (Å²) in [5, 5.41) is 18.1. The first-order chi connectivity index (χ1) is 6.35. The predicted molar refractivity (Wildman–Crippen MR) is 44.4 cm³/mol. The molecule has 7 N–H and O–H groups in total. The van der Waals surface area contributed by atoms with Gasteiger partial charge in [0.1, 0.15) is 18.4 Å². The number of hydrogen-bond acceptors (Lipinski definition) is 8. The molecular formula is C5H13NO7P+. The van der Waals surface area contributed by atoms with E-state index in [1.807, 2.05) is 0 Å². The van der Waals surface area contributed by atoms with E-state index < -0.39 is 39.3 Å². The minimum absolute atomic E-state index is 0.518. The fourth-order valence-corrected chi connectivity index (χ4v) is 1.79. The van der Waals surface area contributed by atoms with Gasteiger partial charge in [0.05, 0.1) is 6.61 Å². The highest BCUT2D eigenvalue weighted by Gasteiger charge is 2.51. The summed E-state index contributed by atoms with van der Waals surface area (Å²) >= 11 is 0. The molecule has 1 rings (SSSR count). The number of aliphatic hydroxyl groups is 2. The summed E-state index contributed by atoms with van der Waals surface area (Å²) < 4.78 is 9.17. The van der Waals surface area contributed by atoms with Crippen LogP contribution in [0.4, 0.5) is 0 Å². The molecule has 1 heterocycles. The molecule has 0 spiro atoms. The highest BCUT2D eigenvalue weighted by Crippen LogP contribution is 2.49. The third kappa shape index (κ3) is 2.80. The van der Waals surface area contributed by atoms with Crippen LogP contribution in [-0.2, 0) is 9.26 Å². The average molecular weight is 230 g/mol. The van der Waals surface area contributed by atoms with Crippen molar-refractivity contribution in [2.45, 2.75) is 24.5 Å². The molecule has 1 fully saturated rings. The van der Waals surface area contributed by atoms with E-state index >= 15 is 0 Å². The lowest BCUT2D eigenvalue weighted by atomic mass is 10.1. The second kappa shape index (κ2) is 4.31. The lowest BCUT2D eigenvalue weighted by Crippen LogP contribution is -2.39. The molecule has 1 saturated heterocycles. The number of rotatable bonds is 3. The second-order valence-corrected chi connectivity index (χ2v) is 4.13. The van der Waals surface area contributed by atoms with Crippen LogP contribution in [0.2, 0.25) is 0 Å². The van der Waals surface area contributed by atoms with Crippen molar-refractivity contribution in [2.75, 3.05) is 6.61 Å². The Bertz CT molecular complexity index is 197. The van der Waals surface area contributed by atoms with Gasteiger partial charge in [-0.25, -0.2) is 0 Å². The molecule has 1 aliphatic rings. The van der Waals surface area contributed by atoms with Gasteiger partial charge in [0.25, 0.3) is 0 Å². The number of hydrogen-bond donors (Lipinski definition) is 6. The van der Waals surface area contributed by atoms with Crippen LogP contribution in [0.5, 0.6) is 0 Å². The van der Waals surface area contributed by atoms with Gasteiger partial charge in [-0.15, -0.1) is 4.52 Å². The number of nitrogens with two attached hydrogens (primary N) is 1. The van der Waals surface area contributed by atoms with Gasteiger partial charge >= 0.3 is 8.17 Å². The molecule has 14 heavy (non-hydrogen) atoms.